The molecule has 0 unspecified atom stereocenters. The van der Waals surface area contributed by atoms with Crippen LogP contribution in [0.5, 0.6) is 5.75 Å². The summed E-state index contributed by atoms with van der Waals surface area (Å²) >= 11 is 0. The third kappa shape index (κ3) is 1.87. The minimum atomic E-state index is 0.647. The summed E-state index contributed by atoms with van der Waals surface area (Å²) in [6, 6.07) is 7.98. The van der Waals surface area contributed by atoms with Crippen LogP contribution in [0.1, 0.15) is 19.8 Å². The van der Waals surface area contributed by atoms with Gasteiger partial charge >= 0.3 is 0 Å². The summed E-state index contributed by atoms with van der Waals surface area (Å²) in [4.78, 5) is 0. The van der Waals surface area contributed by atoms with E-state index in [0.717, 1.165) is 30.3 Å². The van der Waals surface area contributed by atoms with Gasteiger partial charge < -0.3 is 9.30 Å². The molecule has 0 saturated heterocycles. The van der Waals surface area contributed by atoms with Gasteiger partial charge in [-0.2, -0.15) is 0 Å². The molecule has 16 heavy (non-hydrogen) atoms. The van der Waals surface area contributed by atoms with Crippen LogP contribution in [-0.4, -0.2) is 4.57 Å². The lowest BCUT2D eigenvalue weighted by Gasteiger charge is -2.02. The fourth-order valence-corrected chi connectivity index (χ4v) is 1.86. The van der Waals surface area contributed by atoms with E-state index in [9.17, 15) is 0 Å². The highest BCUT2D eigenvalue weighted by molar-refractivity contribution is 5.86. The highest BCUT2D eigenvalue weighted by atomic mass is 16.5. The lowest BCUT2D eigenvalue weighted by atomic mass is 10.2. The normalized spacial score (nSPS) is 10.2. The maximum Gasteiger partial charge on any atom is 0.292 e. The van der Waals surface area contributed by atoms with Gasteiger partial charge in [0.1, 0.15) is 0 Å². The van der Waals surface area contributed by atoms with Gasteiger partial charge in [-0.25, -0.2) is 0 Å². The number of ether oxygens (including phenoxy) is 1. The van der Waals surface area contributed by atoms with Gasteiger partial charge in [-0.15, -0.1) is 5.26 Å². The van der Waals surface area contributed by atoms with Crippen molar-refractivity contribution in [3.05, 3.63) is 30.5 Å². The molecule has 0 saturated carbocycles. The van der Waals surface area contributed by atoms with Crippen LogP contribution in [-0.2, 0) is 6.54 Å². The number of aromatic nitrogens is 1. The molecule has 82 valence electrons. The van der Waals surface area contributed by atoms with Crippen molar-refractivity contribution in [2.45, 2.75) is 26.3 Å². The van der Waals surface area contributed by atoms with Gasteiger partial charge in [-0.3, -0.25) is 0 Å². The van der Waals surface area contributed by atoms with E-state index in [-0.39, 0.29) is 0 Å². The molecule has 0 spiro atoms. The van der Waals surface area contributed by atoms with E-state index in [0.29, 0.717) is 5.75 Å². The monoisotopic (exact) mass is 214 g/mol. The Hall–Kier alpha value is -1.95. The van der Waals surface area contributed by atoms with E-state index in [1.807, 2.05) is 24.4 Å². The topological polar surface area (TPSA) is 38.0 Å². The molecular weight excluding hydrogens is 200 g/mol. The Morgan fingerprint density at radius 3 is 2.94 bits per heavy atom. The number of nitrogens with zero attached hydrogens (tertiary/aromatic N) is 2. The fourth-order valence-electron chi connectivity index (χ4n) is 1.86. The standard InChI is InChI=1S/C13H14N2O/c1-2-3-8-15-9-13(16-10-14)11-6-4-5-7-12(11)15/h4-7,9H,2-3,8H2,1H3. The predicted octanol–water partition coefficient (Wildman–Crippen LogP) is 3.30. The van der Waals surface area contributed by atoms with Crippen LogP contribution in [0.2, 0.25) is 0 Å². The van der Waals surface area contributed by atoms with E-state index < -0.39 is 0 Å². The highest BCUT2D eigenvalue weighted by Gasteiger charge is 2.08. The van der Waals surface area contributed by atoms with E-state index in [1.165, 1.54) is 0 Å². The molecule has 0 amide bonds. The van der Waals surface area contributed by atoms with E-state index in [1.54, 1.807) is 6.26 Å². The number of hydrogen-bond donors (Lipinski definition) is 0. The predicted molar refractivity (Wildman–Crippen MR) is 63.1 cm³/mol. The molecule has 0 N–H and O–H groups in total. The largest absolute Gasteiger partial charge is 0.386 e. The van der Waals surface area contributed by atoms with Crippen LogP contribution < -0.4 is 4.74 Å². The summed E-state index contributed by atoms with van der Waals surface area (Å²) in [6.07, 6.45) is 5.92. The maximum absolute atomic E-state index is 8.58. The van der Waals surface area contributed by atoms with Crippen molar-refractivity contribution in [1.82, 2.24) is 4.57 Å². The SMILES string of the molecule is CCCCn1cc(OC#N)c2ccccc21. The van der Waals surface area contributed by atoms with Crippen molar-refractivity contribution < 1.29 is 4.74 Å². The Kier molecular flexibility index (Phi) is 3.11. The van der Waals surface area contributed by atoms with Crippen LogP contribution in [0.25, 0.3) is 10.9 Å². The minimum Gasteiger partial charge on any atom is -0.386 e. The van der Waals surface area contributed by atoms with Gasteiger partial charge in [-0.05, 0) is 18.6 Å². The third-order valence-corrected chi connectivity index (χ3v) is 2.66. The summed E-state index contributed by atoms with van der Waals surface area (Å²) in [7, 11) is 0. The molecule has 2 rings (SSSR count). The Bertz CT molecular complexity index is 522. The summed E-state index contributed by atoms with van der Waals surface area (Å²) in [5, 5.41) is 9.58. The molecule has 1 heterocycles. The van der Waals surface area contributed by atoms with Gasteiger partial charge in [0.25, 0.3) is 6.26 Å². The molecule has 0 bridgehead atoms. The van der Waals surface area contributed by atoms with Crippen LogP contribution in [0, 0.1) is 11.5 Å². The molecule has 1 aromatic carbocycles. The molecule has 3 heteroatoms. The molecule has 0 aliphatic carbocycles. The second kappa shape index (κ2) is 4.71. The molecule has 2 aromatic rings. The number of para-hydroxylation sites is 1. The average molecular weight is 214 g/mol. The van der Waals surface area contributed by atoms with E-state index >= 15 is 0 Å². The van der Waals surface area contributed by atoms with Crippen molar-refractivity contribution in [3.8, 4) is 12.0 Å². The number of unbranched alkanes of at least 4 members (excludes halogenated alkanes) is 1. The first kappa shape index (κ1) is 10.6. The molecule has 0 aliphatic heterocycles. The van der Waals surface area contributed by atoms with Gasteiger partial charge in [0.15, 0.2) is 5.75 Å². The second-order valence-electron chi connectivity index (χ2n) is 3.75. The summed E-state index contributed by atoms with van der Waals surface area (Å²) in [6.45, 7) is 3.13. The number of rotatable bonds is 4. The van der Waals surface area contributed by atoms with Gasteiger partial charge in [0.05, 0.1) is 5.52 Å². The molecule has 0 atom stereocenters. The van der Waals surface area contributed by atoms with Crippen molar-refractivity contribution in [1.29, 1.82) is 5.26 Å². The summed E-state index contributed by atoms with van der Waals surface area (Å²) < 4.78 is 7.11. The van der Waals surface area contributed by atoms with E-state index in [4.69, 9.17) is 10.00 Å². The highest BCUT2D eigenvalue weighted by Crippen LogP contribution is 2.28. The van der Waals surface area contributed by atoms with Crippen LogP contribution >= 0.6 is 0 Å². The second-order valence-corrected chi connectivity index (χ2v) is 3.75. The fraction of sp³-hybridized carbons (Fsp3) is 0.308. The Labute approximate surface area is 94.9 Å². The summed E-state index contributed by atoms with van der Waals surface area (Å²) in [5.74, 6) is 0.647. The number of fused-ring (bicyclic) bond motifs is 1. The molecule has 0 fully saturated rings. The molecule has 0 aliphatic rings. The lowest BCUT2D eigenvalue weighted by molar-refractivity contribution is 0.508. The van der Waals surface area contributed by atoms with Crippen molar-refractivity contribution >= 4 is 10.9 Å². The zero-order valence-corrected chi connectivity index (χ0v) is 9.31. The van der Waals surface area contributed by atoms with Crippen LogP contribution in [0.4, 0.5) is 0 Å². The Morgan fingerprint density at radius 1 is 1.38 bits per heavy atom. The number of aryl methyl sites for hydroxylation is 1. The van der Waals surface area contributed by atoms with Crippen molar-refractivity contribution in [2.75, 3.05) is 0 Å². The quantitative estimate of drug-likeness (QED) is 0.732. The zero-order valence-electron chi connectivity index (χ0n) is 9.31. The number of hydrogen-bond acceptors (Lipinski definition) is 2. The molecule has 1 aromatic heterocycles. The van der Waals surface area contributed by atoms with Crippen molar-refractivity contribution in [2.24, 2.45) is 0 Å². The average Bonchev–Trinajstić information content (AvgIpc) is 2.66. The number of nitriles is 1. The van der Waals surface area contributed by atoms with Crippen LogP contribution in [0.3, 0.4) is 0 Å². The Balaban J connectivity index is 2.45. The third-order valence-electron chi connectivity index (χ3n) is 2.66. The first-order valence-electron chi connectivity index (χ1n) is 5.50. The zero-order chi connectivity index (χ0) is 11.4. The van der Waals surface area contributed by atoms with Crippen LogP contribution in [0.15, 0.2) is 30.5 Å². The van der Waals surface area contributed by atoms with E-state index in [2.05, 4.69) is 17.6 Å². The summed E-state index contributed by atoms with van der Waals surface area (Å²) in [5.41, 5.74) is 1.13. The molecular formula is C13H14N2O. The lowest BCUT2D eigenvalue weighted by Crippen LogP contribution is -1.94. The van der Waals surface area contributed by atoms with Gasteiger partial charge in [0, 0.05) is 18.1 Å². The molecule has 0 radical (unpaired) electrons. The van der Waals surface area contributed by atoms with Gasteiger partial charge in [-0.1, -0.05) is 25.5 Å². The first-order valence-corrected chi connectivity index (χ1v) is 5.50. The maximum atomic E-state index is 8.58. The van der Waals surface area contributed by atoms with Crippen molar-refractivity contribution in [3.63, 3.8) is 0 Å². The number of benzene rings is 1. The minimum absolute atomic E-state index is 0.647. The smallest absolute Gasteiger partial charge is 0.292 e. The molecule has 3 nitrogen and oxygen atoms in total. The first-order chi connectivity index (χ1) is 7.86. The van der Waals surface area contributed by atoms with Gasteiger partial charge in [0.2, 0.25) is 0 Å². The Morgan fingerprint density at radius 2 is 2.19 bits per heavy atom.